The van der Waals surface area contributed by atoms with Crippen molar-refractivity contribution in [2.45, 2.75) is 13.3 Å². The number of carboxylic acid groups (broad SMARTS) is 1. The predicted octanol–water partition coefficient (Wildman–Crippen LogP) is 2.96. The molecule has 1 rings (SSSR count). The van der Waals surface area contributed by atoms with Crippen LogP contribution >= 0.6 is 15.9 Å². The maximum atomic E-state index is 10.9. The van der Waals surface area contributed by atoms with Crippen molar-refractivity contribution in [2.24, 2.45) is 0 Å². The van der Waals surface area contributed by atoms with Gasteiger partial charge in [-0.2, -0.15) is 0 Å². The number of hydrogen-bond acceptors (Lipinski definition) is 4. The zero-order chi connectivity index (χ0) is 14.3. The molecule has 1 aromatic rings. The van der Waals surface area contributed by atoms with Gasteiger partial charge in [0.05, 0.1) is 23.8 Å². The van der Waals surface area contributed by atoms with E-state index in [1.807, 2.05) is 6.92 Å². The van der Waals surface area contributed by atoms with Crippen LogP contribution in [0.4, 0.5) is 0 Å². The molecule has 0 unspecified atom stereocenters. The van der Waals surface area contributed by atoms with Gasteiger partial charge in [0.2, 0.25) is 0 Å². The van der Waals surface area contributed by atoms with Crippen molar-refractivity contribution in [3.8, 4) is 11.5 Å². The molecule has 1 aromatic carbocycles. The minimum absolute atomic E-state index is 0.137. The molecule has 0 saturated heterocycles. The Hall–Kier alpha value is -1.27. The van der Waals surface area contributed by atoms with Crippen LogP contribution < -0.4 is 9.47 Å². The van der Waals surface area contributed by atoms with Crippen LogP contribution in [-0.2, 0) is 4.74 Å². The third-order valence-electron chi connectivity index (χ3n) is 2.30. The van der Waals surface area contributed by atoms with E-state index in [4.69, 9.17) is 19.3 Å². The molecule has 0 aliphatic heterocycles. The standard InChI is InChI=1S/C13H17BrO5/c1-3-4-18-5-6-19-12-10(14)7-9(13(15)16)8-11(12)17-2/h7-8H,3-6H2,1-2H3,(H,15,16). The third-order valence-corrected chi connectivity index (χ3v) is 2.89. The minimum atomic E-state index is -1.02. The first-order valence-corrected chi connectivity index (χ1v) is 6.70. The number of halogens is 1. The Bertz CT molecular complexity index is 433. The van der Waals surface area contributed by atoms with Gasteiger partial charge in [0, 0.05) is 6.61 Å². The quantitative estimate of drug-likeness (QED) is 0.741. The lowest BCUT2D eigenvalue weighted by Crippen LogP contribution is -2.09. The van der Waals surface area contributed by atoms with Crippen molar-refractivity contribution in [2.75, 3.05) is 26.9 Å². The summed E-state index contributed by atoms with van der Waals surface area (Å²) in [7, 11) is 1.47. The molecular weight excluding hydrogens is 316 g/mol. The summed E-state index contributed by atoms with van der Waals surface area (Å²) in [6.45, 7) is 3.58. The average molecular weight is 333 g/mol. The lowest BCUT2D eigenvalue weighted by molar-refractivity contribution is 0.0696. The van der Waals surface area contributed by atoms with Gasteiger partial charge in [-0.1, -0.05) is 6.92 Å². The maximum absolute atomic E-state index is 10.9. The number of aromatic carboxylic acids is 1. The van der Waals surface area contributed by atoms with E-state index < -0.39 is 5.97 Å². The van der Waals surface area contributed by atoms with Gasteiger partial charge >= 0.3 is 5.97 Å². The molecule has 0 spiro atoms. The second-order valence-corrected chi connectivity index (χ2v) is 4.61. The lowest BCUT2D eigenvalue weighted by Gasteiger charge is -2.13. The highest BCUT2D eigenvalue weighted by atomic mass is 79.9. The molecule has 0 amide bonds. The third kappa shape index (κ3) is 4.72. The average Bonchev–Trinajstić information content (AvgIpc) is 2.39. The van der Waals surface area contributed by atoms with Crippen molar-refractivity contribution >= 4 is 21.9 Å². The fourth-order valence-electron chi connectivity index (χ4n) is 1.43. The minimum Gasteiger partial charge on any atom is -0.493 e. The normalized spacial score (nSPS) is 10.3. The summed E-state index contributed by atoms with van der Waals surface area (Å²) >= 11 is 3.28. The molecule has 5 nitrogen and oxygen atoms in total. The highest BCUT2D eigenvalue weighted by Crippen LogP contribution is 2.36. The predicted molar refractivity (Wildman–Crippen MR) is 74.3 cm³/mol. The number of carboxylic acids is 1. The molecule has 0 aliphatic rings. The van der Waals surface area contributed by atoms with Gasteiger partial charge in [-0.25, -0.2) is 4.79 Å². The Morgan fingerprint density at radius 2 is 2.05 bits per heavy atom. The monoisotopic (exact) mass is 332 g/mol. The van der Waals surface area contributed by atoms with Gasteiger partial charge in [0.25, 0.3) is 0 Å². The van der Waals surface area contributed by atoms with Gasteiger partial charge < -0.3 is 19.3 Å². The Morgan fingerprint density at radius 1 is 1.32 bits per heavy atom. The number of methoxy groups -OCH3 is 1. The van der Waals surface area contributed by atoms with Crippen molar-refractivity contribution < 1.29 is 24.1 Å². The van der Waals surface area contributed by atoms with E-state index in [1.165, 1.54) is 19.2 Å². The first-order chi connectivity index (χ1) is 9.10. The SMILES string of the molecule is CCCOCCOc1c(Br)cc(C(=O)O)cc1OC. The van der Waals surface area contributed by atoms with E-state index >= 15 is 0 Å². The summed E-state index contributed by atoms with van der Waals surface area (Å²) in [5.41, 5.74) is 0.137. The van der Waals surface area contributed by atoms with Crippen LogP contribution in [0.3, 0.4) is 0 Å². The number of ether oxygens (including phenoxy) is 3. The second-order valence-electron chi connectivity index (χ2n) is 3.76. The molecule has 0 aromatic heterocycles. The highest BCUT2D eigenvalue weighted by Gasteiger charge is 2.14. The van der Waals surface area contributed by atoms with E-state index in [2.05, 4.69) is 15.9 Å². The first-order valence-electron chi connectivity index (χ1n) is 5.91. The van der Waals surface area contributed by atoms with Crippen LogP contribution in [0.25, 0.3) is 0 Å². The topological polar surface area (TPSA) is 65.0 Å². The molecule has 0 saturated carbocycles. The largest absolute Gasteiger partial charge is 0.493 e. The first kappa shape index (κ1) is 15.8. The van der Waals surface area contributed by atoms with Crippen molar-refractivity contribution in [1.29, 1.82) is 0 Å². The molecule has 0 aliphatic carbocycles. The lowest BCUT2D eigenvalue weighted by atomic mass is 10.2. The molecule has 106 valence electrons. The summed E-state index contributed by atoms with van der Waals surface area (Å²) in [6, 6.07) is 2.91. The van der Waals surface area contributed by atoms with E-state index in [-0.39, 0.29) is 5.56 Å². The second kappa shape index (κ2) is 8.01. The van der Waals surface area contributed by atoms with Crippen LogP contribution in [0.5, 0.6) is 11.5 Å². The van der Waals surface area contributed by atoms with E-state index in [9.17, 15) is 4.79 Å². The molecule has 1 N–H and O–H groups in total. The van der Waals surface area contributed by atoms with E-state index in [0.29, 0.717) is 35.8 Å². The van der Waals surface area contributed by atoms with Crippen molar-refractivity contribution in [3.63, 3.8) is 0 Å². The van der Waals surface area contributed by atoms with Gasteiger partial charge in [-0.05, 0) is 34.5 Å². The van der Waals surface area contributed by atoms with Crippen molar-refractivity contribution in [1.82, 2.24) is 0 Å². The summed E-state index contributed by atoms with van der Waals surface area (Å²) < 4.78 is 16.5. The Kier molecular flexibility index (Phi) is 6.66. The zero-order valence-electron chi connectivity index (χ0n) is 10.9. The van der Waals surface area contributed by atoms with Crippen molar-refractivity contribution in [3.05, 3.63) is 22.2 Å². The fraction of sp³-hybridized carbons (Fsp3) is 0.462. The molecule has 6 heteroatoms. The molecule has 0 radical (unpaired) electrons. The van der Waals surface area contributed by atoms with Gasteiger partial charge in [-0.15, -0.1) is 0 Å². The van der Waals surface area contributed by atoms with Gasteiger partial charge in [0.1, 0.15) is 6.61 Å². The summed E-state index contributed by atoms with van der Waals surface area (Å²) in [6.07, 6.45) is 0.959. The number of rotatable bonds is 8. The van der Waals surface area contributed by atoms with E-state index in [0.717, 1.165) is 6.42 Å². The highest BCUT2D eigenvalue weighted by molar-refractivity contribution is 9.10. The van der Waals surface area contributed by atoms with Crippen LogP contribution in [0.1, 0.15) is 23.7 Å². The maximum Gasteiger partial charge on any atom is 0.335 e. The van der Waals surface area contributed by atoms with Gasteiger partial charge in [0.15, 0.2) is 11.5 Å². The Labute approximate surface area is 120 Å². The summed E-state index contributed by atoms with van der Waals surface area (Å²) in [4.78, 5) is 10.9. The molecular formula is C13H17BrO5. The summed E-state index contributed by atoms with van der Waals surface area (Å²) in [5, 5.41) is 8.96. The Balaban J connectivity index is 2.74. The fourth-order valence-corrected chi connectivity index (χ4v) is 1.99. The number of benzene rings is 1. The molecule has 0 bridgehead atoms. The van der Waals surface area contributed by atoms with Crippen LogP contribution in [0.2, 0.25) is 0 Å². The van der Waals surface area contributed by atoms with Crippen LogP contribution in [0.15, 0.2) is 16.6 Å². The molecule has 0 fully saturated rings. The number of hydrogen-bond donors (Lipinski definition) is 1. The Morgan fingerprint density at radius 3 is 2.63 bits per heavy atom. The van der Waals surface area contributed by atoms with E-state index in [1.54, 1.807) is 0 Å². The zero-order valence-corrected chi connectivity index (χ0v) is 12.5. The molecule has 0 atom stereocenters. The number of carbonyl (C=O) groups is 1. The van der Waals surface area contributed by atoms with Gasteiger partial charge in [-0.3, -0.25) is 0 Å². The van der Waals surface area contributed by atoms with Crippen LogP contribution in [-0.4, -0.2) is 38.0 Å². The smallest absolute Gasteiger partial charge is 0.335 e. The molecule has 19 heavy (non-hydrogen) atoms. The molecule has 0 heterocycles. The van der Waals surface area contributed by atoms with Crippen LogP contribution in [0, 0.1) is 0 Å². The summed E-state index contributed by atoms with van der Waals surface area (Å²) in [5.74, 6) is -0.160.